The number of hydrogen-bond acceptors (Lipinski definition) is 2. The molecule has 1 saturated heterocycles. The maximum absolute atomic E-state index is 12.6. The molecule has 1 amide bonds. The summed E-state index contributed by atoms with van der Waals surface area (Å²) >= 11 is 0. The van der Waals surface area contributed by atoms with Crippen LogP contribution in [0.15, 0.2) is 30.3 Å². The van der Waals surface area contributed by atoms with Crippen LogP contribution in [0.25, 0.3) is 0 Å². The first-order valence-electron chi connectivity index (χ1n) is 7.32. The monoisotopic (exact) mass is 260 g/mol. The van der Waals surface area contributed by atoms with E-state index in [1.807, 2.05) is 23.1 Å². The fourth-order valence-corrected chi connectivity index (χ4v) is 2.74. The van der Waals surface area contributed by atoms with Crippen LogP contribution >= 0.6 is 0 Å². The lowest BCUT2D eigenvalue weighted by Crippen LogP contribution is -2.49. The second kappa shape index (κ2) is 6.71. The molecule has 104 valence electrons. The molecular weight excluding hydrogens is 236 g/mol. The van der Waals surface area contributed by atoms with Crippen molar-refractivity contribution in [1.29, 1.82) is 0 Å². The zero-order valence-electron chi connectivity index (χ0n) is 12.0. The molecule has 1 aromatic carbocycles. The van der Waals surface area contributed by atoms with E-state index >= 15 is 0 Å². The summed E-state index contributed by atoms with van der Waals surface area (Å²) < 4.78 is 0. The van der Waals surface area contributed by atoms with Crippen LogP contribution in [-0.2, 0) is 4.79 Å². The van der Waals surface area contributed by atoms with Crippen LogP contribution in [0.3, 0.4) is 0 Å². The molecule has 2 rings (SSSR count). The van der Waals surface area contributed by atoms with E-state index in [0.29, 0.717) is 5.91 Å². The van der Waals surface area contributed by atoms with Crippen LogP contribution in [0.4, 0.5) is 0 Å². The topological polar surface area (TPSA) is 23.6 Å². The van der Waals surface area contributed by atoms with Crippen molar-refractivity contribution in [3.8, 4) is 0 Å². The van der Waals surface area contributed by atoms with Gasteiger partial charge in [0.05, 0.1) is 5.92 Å². The average molecular weight is 260 g/mol. The van der Waals surface area contributed by atoms with Crippen LogP contribution in [0.5, 0.6) is 0 Å². The van der Waals surface area contributed by atoms with E-state index in [1.165, 1.54) is 0 Å². The van der Waals surface area contributed by atoms with Crippen molar-refractivity contribution >= 4 is 5.91 Å². The highest BCUT2D eigenvalue weighted by Gasteiger charge is 2.26. The molecule has 0 saturated carbocycles. The van der Waals surface area contributed by atoms with Gasteiger partial charge in [0, 0.05) is 26.2 Å². The molecule has 1 fully saturated rings. The number of carbonyl (C=O) groups excluding carboxylic acids is 1. The van der Waals surface area contributed by atoms with Gasteiger partial charge >= 0.3 is 0 Å². The molecule has 1 atom stereocenters. The number of rotatable bonds is 4. The largest absolute Gasteiger partial charge is 0.340 e. The molecule has 0 radical (unpaired) electrons. The first-order chi connectivity index (χ1) is 9.26. The van der Waals surface area contributed by atoms with E-state index in [2.05, 4.69) is 30.9 Å². The van der Waals surface area contributed by atoms with Crippen LogP contribution in [0.2, 0.25) is 0 Å². The molecule has 0 unspecified atom stereocenters. The van der Waals surface area contributed by atoms with Gasteiger partial charge in [-0.1, -0.05) is 44.2 Å². The van der Waals surface area contributed by atoms with E-state index in [0.717, 1.165) is 44.7 Å². The SMILES string of the molecule is CC[C@@H](C(=O)N1CCN(CC)CC1)c1ccccc1. The molecule has 0 aromatic heterocycles. The molecule has 0 N–H and O–H groups in total. The third-order valence-electron chi connectivity index (χ3n) is 4.04. The van der Waals surface area contributed by atoms with Gasteiger partial charge in [0.2, 0.25) is 5.91 Å². The van der Waals surface area contributed by atoms with Crippen molar-refractivity contribution in [2.45, 2.75) is 26.2 Å². The Bertz CT molecular complexity index is 396. The molecule has 1 aromatic rings. The summed E-state index contributed by atoms with van der Waals surface area (Å²) in [7, 11) is 0. The van der Waals surface area contributed by atoms with E-state index in [4.69, 9.17) is 0 Å². The van der Waals surface area contributed by atoms with Gasteiger partial charge in [-0.05, 0) is 18.5 Å². The quantitative estimate of drug-likeness (QED) is 0.829. The van der Waals surface area contributed by atoms with Crippen LogP contribution in [0, 0.1) is 0 Å². The van der Waals surface area contributed by atoms with Crippen molar-refractivity contribution < 1.29 is 4.79 Å². The maximum Gasteiger partial charge on any atom is 0.230 e. The minimum Gasteiger partial charge on any atom is -0.340 e. The Kier molecular flexibility index (Phi) is 4.97. The highest BCUT2D eigenvalue weighted by Crippen LogP contribution is 2.22. The predicted octanol–water partition coefficient (Wildman–Crippen LogP) is 2.34. The molecular formula is C16H24N2O. The fraction of sp³-hybridized carbons (Fsp3) is 0.562. The summed E-state index contributed by atoms with van der Waals surface area (Å²) in [5.74, 6) is 0.318. The third-order valence-corrected chi connectivity index (χ3v) is 4.04. The van der Waals surface area contributed by atoms with Crippen LogP contribution in [0.1, 0.15) is 31.7 Å². The Hall–Kier alpha value is -1.35. The van der Waals surface area contributed by atoms with Gasteiger partial charge in [0.25, 0.3) is 0 Å². The molecule has 0 aliphatic carbocycles. The Labute approximate surface area is 116 Å². The number of carbonyl (C=O) groups is 1. The molecule has 1 heterocycles. The van der Waals surface area contributed by atoms with E-state index < -0.39 is 0 Å². The van der Waals surface area contributed by atoms with Gasteiger partial charge in [0.1, 0.15) is 0 Å². The lowest BCUT2D eigenvalue weighted by Gasteiger charge is -2.36. The fourth-order valence-electron chi connectivity index (χ4n) is 2.74. The Morgan fingerprint density at radius 3 is 2.26 bits per heavy atom. The second-order valence-corrected chi connectivity index (χ2v) is 5.13. The second-order valence-electron chi connectivity index (χ2n) is 5.13. The Morgan fingerprint density at radius 2 is 1.74 bits per heavy atom. The molecule has 19 heavy (non-hydrogen) atoms. The standard InChI is InChI=1S/C16H24N2O/c1-3-15(14-8-6-5-7-9-14)16(19)18-12-10-17(4-2)11-13-18/h5-9,15H,3-4,10-13H2,1-2H3/t15-/m1/s1. The van der Waals surface area contributed by atoms with Crippen LogP contribution < -0.4 is 0 Å². The molecule has 0 spiro atoms. The van der Waals surface area contributed by atoms with Gasteiger partial charge in [-0.2, -0.15) is 0 Å². The smallest absolute Gasteiger partial charge is 0.230 e. The Balaban J connectivity index is 2.02. The molecule has 1 aliphatic rings. The highest BCUT2D eigenvalue weighted by atomic mass is 16.2. The summed E-state index contributed by atoms with van der Waals surface area (Å²) in [5, 5.41) is 0. The first kappa shape index (κ1) is 14.1. The van der Waals surface area contributed by atoms with Gasteiger partial charge in [0.15, 0.2) is 0 Å². The van der Waals surface area contributed by atoms with Gasteiger partial charge in [-0.3, -0.25) is 4.79 Å². The number of likely N-dealkylation sites (N-methyl/N-ethyl adjacent to an activating group) is 1. The first-order valence-corrected chi connectivity index (χ1v) is 7.32. The van der Waals surface area contributed by atoms with Crippen molar-refractivity contribution in [3.05, 3.63) is 35.9 Å². The average Bonchev–Trinajstić information content (AvgIpc) is 2.49. The lowest BCUT2D eigenvalue weighted by atomic mass is 9.95. The number of amides is 1. The van der Waals surface area contributed by atoms with Crippen molar-refractivity contribution in [1.82, 2.24) is 9.80 Å². The predicted molar refractivity (Wildman–Crippen MR) is 78.2 cm³/mol. The Morgan fingerprint density at radius 1 is 1.11 bits per heavy atom. The van der Waals surface area contributed by atoms with E-state index in [-0.39, 0.29) is 5.92 Å². The van der Waals surface area contributed by atoms with Crippen molar-refractivity contribution in [3.63, 3.8) is 0 Å². The summed E-state index contributed by atoms with van der Waals surface area (Å²) in [4.78, 5) is 17.1. The summed E-state index contributed by atoms with van der Waals surface area (Å²) in [5.41, 5.74) is 1.15. The summed E-state index contributed by atoms with van der Waals surface area (Å²) in [6.07, 6.45) is 0.872. The van der Waals surface area contributed by atoms with Crippen molar-refractivity contribution in [2.24, 2.45) is 0 Å². The van der Waals surface area contributed by atoms with Gasteiger partial charge in [-0.15, -0.1) is 0 Å². The minimum absolute atomic E-state index is 0.0226. The van der Waals surface area contributed by atoms with E-state index in [9.17, 15) is 4.79 Å². The zero-order valence-corrected chi connectivity index (χ0v) is 12.0. The van der Waals surface area contributed by atoms with Gasteiger partial charge < -0.3 is 9.80 Å². The number of hydrogen-bond donors (Lipinski definition) is 0. The van der Waals surface area contributed by atoms with Gasteiger partial charge in [-0.25, -0.2) is 0 Å². The minimum atomic E-state index is 0.0226. The summed E-state index contributed by atoms with van der Waals surface area (Å²) in [6, 6.07) is 10.2. The summed E-state index contributed by atoms with van der Waals surface area (Å²) in [6.45, 7) is 9.11. The van der Waals surface area contributed by atoms with Crippen LogP contribution in [-0.4, -0.2) is 48.4 Å². The molecule has 3 heteroatoms. The number of benzene rings is 1. The van der Waals surface area contributed by atoms with Crippen molar-refractivity contribution in [2.75, 3.05) is 32.7 Å². The maximum atomic E-state index is 12.6. The molecule has 3 nitrogen and oxygen atoms in total. The lowest BCUT2D eigenvalue weighted by molar-refractivity contribution is -0.134. The number of nitrogens with zero attached hydrogens (tertiary/aromatic N) is 2. The normalized spacial score (nSPS) is 18.3. The number of piperazine rings is 1. The molecule has 1 aliphatic heterocycles. The van der Waals surface area contributed by atoms with E-state index in [1.54, 1.807) is 0 Å². The third kappa shape index (κ3) is 3.35. The molecule has 0 bridgehead atoms. The zero-order chi connectivity index (χ0) is 13.7. The highest BCUT2D eigenvalue weighted by molar-refractivity contribution is 5.83.